The molecule has 0 aliphatic carbocycles. The van der Waals surface area contributed by atoms with E-state index in [4.69, 9.17) is 4.42 Å². The number of carbonyl (C=O) groups is 1. The Morgan fingerprint density at radius 3 is 2.46 bits per heavy atom. The van der Waals surface area contributed by atoms with Gasteiger partial charge in [0.25, 0.3) is 5.69 Å². The van der Waals surface area contributed by atoms with Gasteiger partial charge in [-0.25, -0.2) is 4.79 Å². The summed E-state index contributed by atoms with van der Waals surface area (Å²) in [5.41, 5.74) is -0.770. The van der Waals surface area contributed by atoms with Gasteiger partial charge in [0.15, 0.2) is 5.78 Å². The molecule has 1 N–H and O–H groups in total. The van der Waals surface area contributed by atoms with Gasteiger partial charge in [0.05, 0.1) is 10.3 Å². The second-order valence-electron chi connectivity index (χ2n) is 5.13. The molecule has 7 nitrogen and oxygen atoms in total. The summed E-state index contributed by atoms with van der Waals surface area (Å²) in [5, 5.41) is 21.1. The highest BCUT2D eigenvalue weighted by Crippen LogP contribution is 2.27. The number of para-hydroxylation sites is 1. The molecular formula is C17H11NO6. The Balaban J connectivity index is 1.97. The second-order valence-corrected chi connectivity index (χ2v) is 5.13. The molecule has 0 spiro atoms. The van der Waals surface area contributed by atoms with Crippen molar-refractivity contribution in [3.05, 3.63) is 80.2 Å². The zero-order valence-electron chi connectivity index (χ0n) is 12.3. The Morgan fingerprint density at radius 1 is 1.12 bits per heavy atom. The maximum Gasteiger partial charge on any atom is 0.351 e. The quantitative estimate of drug-likeness (QED) is 0.342. The van der Waals surface area contributed by atoms with Crippen molar-refractivity contribution < 1.29 is 19.2 Å². The van der Waals surface area contributed by atoms with Crippen LogP contribution in [0.25, 0.3) is 11.0 Å². The highest BCUT2D eigenvalue weighted by Gasteiger charge is 2.21. The molecule has 120 valence electrons. The van der Waals surface area contributed by atoms with Gasteiger partial charge < -0.3 is 9.52 Å². The smallest absolute Gasteiger partial charge is 0.351 e. The number of rotatable bonds is 4. The van der Waals surface area contributed by atoms with Crippen molar-refractivity contribution in [3.63, 3.8) is 0 Å². The van der Waals surface area contributed by atoms with Crippen LogP contribution in [0.1, 0.15) is 15.9 Å². The number of fused-ring (bicyclic) bond motifs is 1. The zero-order chi connectivity index (χ0) is 17.3. The number of hydrogen-bond acceptors (Lipinski definition) is 6. The van der Waals surface area contributed by atoms with Gasteiger partial charge >= 0.3 is 5.63 Å². The lowest BCUT2D eigenvalue weighted by atomic mass is 10.0. The SMILES string of the molecule is O=C(Cc1ccc([N+](=O)[O-])cc1)c1c(O)c2ccccc2oc1=O. The van der Waals surface area contributed by atoms with E-state index in [1.807, 2.05) is 0 Å². The van der Waals surface area contributed by atoms with E-state index in [9.17, 15) is 24.8 Å². The van der Waals surface area contributed by atoms with Gasteiger partial charge in [0.2, 0.25) is 0 Å². The van der Waals surface area contributed by atoms with Gasteiger partial charge in [-0.05, 0) is 17.7 Å². The van der Waals surface area contributed by atoms with Gasteiger partial charge in [-0.15, -0.1) is 0 Å². The molecule has 1 heterocycles. The fourth-order valence-corrected chi connectivity index (χ4v) is 2.39. The molecule has 3 aromatic rings. The Morgan fingerprint density at radius 2 is 1.79 bits per heavy atom. The van der Waals surface area contributed by atoms with Crippen LogP contribution in [0.15, 0.2) is 57.7 Å². The van der Waals surface area contributed by atoms with E-state index >= 15 is 0 Å². The number of carbonyl (C=O) groups excluding carboxylic acids is 1. The third-order valence-corrected chi connectivity index (χ3v) is 3.58. The maximum absolute atomic E-state index is 12.4. The molecule has 0 saturated carbocycles. The monoisotopic (exact) mass is 325 g/mol. The van der Waals surface area contributed by atoms with E-state index < -0.39 is 27.6 Å². The normalized spacial score (nSPS) is 10.7. The van der Waals surface area contributed by atoms with E-state index in [0.717, 1.165) is 0 Å². The lowest BCUT2D eigenvalue weighted by Crippen LogP contribution is -2.16. The van der Waals surface area contributed by atoms with Crippen LogP contribution in [0.4, 0.5) is 5.69 Å². The molecule has 0 fully saturated rings. The van der Waals surface area contributed by atoms with Crippen LogP contribution < -0.4 is 5.63 Å². The summed E-state index contributed by atoms with van der Waals surface area (Å²) in [6.07, 6.45) is -0.186. The number of non-ortho nitro benzene ring substituents is 1. The highest BCUT2D eigenvalue weighted by atomic mass is 16.6. The molecule has 0 atom stereocenters. The third-order valence-electron chi connectivity index (χ3n) is 3.58. The average Bonchev–Trinajstić information content (AvgIpc) is 2.55. The van der Waals surface area contributed by atoms with Crippen molar-refractivity contribution in [1.29, 1.82) is 0 Å². The highest BCUT2D eigenvalue weighted by molar-refractivity contribution is 6.03. The largest absolute Gasteiger partial charge is 0.506 e. The molecule has 0 unspecified atom stereocenters. The zero-order valence-corrected chi connectivity index (χ0v) is 12.3. The van der Waals surface area contributed by atoms with Crippen LogP contribution in [0, 0.1) is 10.1 Å². The lowest BCUT2D eigenvalue weighted by molar-refractivity contribution is -0.384. The number of hydrogen-bond donors (Lipinski definition) is 1. The Labute approximate surface area is 134 Å². The van der Waals surface area contributed by atoms with Crippen LogP contribution in [0.2, 0.25) is 0 Å². The molecule has 1 aromatic heterocycles. The second kappa shape index (κ2) is 5.96. The molecule has 0 bridgehead atoms. The number of nitro benzene ring substituents is 1. The summed E-state index contributed by atoms with van der Waals surface area (Å²) in [5.74, 6) is -1.05. The standard InChI is InChI=1S/C17H11NO6/c19-13(9-10-5-7-11(8-6-10)18(22)23)15-16(20)12-3-1-2-4-14(12)24-17(15)21/h1-8,20H,9H2. The van der Waals surface area contributed by atoms with E-state index in [2.05, 4.69) is 0 Å². The number of nitro groups is 1. The van der Waals surface area contributed by atoms with Crippen LogP contribution in [-0.2, 0) is 6.42 Å². The molecule has 0 aliphatic rings. The summed E-state index contributed by atoms with van der Waals surface area (Å²) in [4.78, 5) is 34.4. The van der Waals surface area contributed by atoms with Gasteiger partial charge in [-0.2, -0.15) is 0 Å². The minimum Gasteiger partial charge on any atom is -0.506 e. The molecule has 0 radical (unpaired) electrons. The van der Waals surface area contributed by atoms with Crippen molar-refractivity contribution in [2.75, 3.05) is 0 Å². The molecule has 24 heavy (non-hydrogen) atoms. The molecule has 0 aliphatic heterocycles. The number of ketones is 1. The Kier molecular flexibility index (Phi) is 3.83. The Hall–Kier alpha value is -3.48. The molecule has 2 aromatic carbocycles. The summed E-state index contributed by atoms with van der Waals surface area (Å²) in [7, 11) is 0. The Bertz CT molecular complexity index is 1000. The van der Waals surface area contributed by atoms with E-state index in [0.29, 0.717) is 5.56 Å². The van der Waals surface area contributed by atoms with E-state index in [1.165, 1.54) is 36.4 Å². The lowest BCUT2D eigenvalue weighted by Gasteiger charge is -2.05. The average molecular weight is 325 g/mol. The first-order valence-corrected chi connectivity index (χ1v) is 6.98. The van der Waals surface area contributed by atoms with E-state index in [1.54, 1.807) is 12.1 Å². The predicted octanol–water partition coefficient (Wildman–Crippen LogP) is 2.83. The molecule has 0 saturated heterocycles. The molecule has 7 heteroatoms. The predicted molar refractivity (Wildman–Crippen MR) is 85.3 cm³/mol. The number of aromatic hydroxyl groups is 1. The van der Waals surface area contributed by atoms with Crippen molar-refractivity contribution in [2.24, 2.45) is 0 Å². The van der Waals surface area contributed by atoms with Gasteiger partial charge in [-0.3, -0.25) is 14.9 Å². The van der Waals surface area contributed by atoms with Crippen LogP contribution >= 0.6 is 0 Å². The number of benzene rings is 2. The molecule has 0 amide bonds. The van der Waals surface area contributed by atoms with Crippen molar-refractivity contribution in [3.8, 4) is 5.75 Å². The van der Waals surface area contributed by atoms with Crippen molar-refractivity contribution in [1.82, 2.24) is 0 Å². The van der Waals surface area contributed by atoms with Crippen molar-refractivity contribution >= 4 is 22.4 Å². The number of nitrogens with zero attached hydrogens (tertiary/aromatic N) is 1. The maximum atomic E-state index is 12.4. The fourth-order valence-electron chi connectivity index (χ4n) is 2.39. The van der Waals surface area contributed by atoms with Crippen LogP contribution in [0.3, 0.4) is 0 Å². The molecule has 3 rings (SSSR count). The summed E-state index contributed by atoms with van der Waals surface area (Å²) in [6, 6.07) is 11.7. The summed E-state index contributed by atoms with van der Waals surface area (Å²) < 4.78 is 5.06. The van der Waals surface area contributed by atoms with E-state index in [-0.39, 0.29) is 23.1 Å². The van der Waals surface area contributed by atoms with Crippen molar-refractivity contribution in [2.45, 2.75) is 6.42 Å². The first-order chi connectivity index (χ1) is 11.5. The fraction of sp³-hybridized carbons (Fsp3) is 0.0588. The molecular weight excluding hydrogens is 314 g/mol. The topological polar surface area (TPSA) is 111 Å². The van der Waals surface area contributed by atoms with Gasteiger partial charge in [0, 0.05) is 18.6 Å². The van der Waals surface area contributed by atoms with Gasteiger partial charge in [0.1, 0.15) is 16.9 Å². The van der Waals surface area contributed by atoms with Crippen LogP contribution in [-0.4, -0.2) is 15.8 Å². The summed E-state index contributed by atoms with van der Waals surface area (Å²) >= 11 is 0. The first-order valence-electron chi connectivity index (χ1n) is 6.98. The first kappa shape index (κ1) is 15.4. The minimum absolute atomic E-state index is 0.0979. The summed E-state index contributed by atoms with van der Waals surface area (Å²) in [6.45, 7) is 0. The number of Topliss-reactive ketones (excluding diaryl/α,β-unsaturated/α-hetero) is 1. The van der Waals surface area contributed by atoms with Crippen LogP contribution in [0.5, 0.6) is 5.75 Å². The minimum atomic E-state index is -0.918. The third kappa shape index (κ3) is 2.74. The van der Waals surface area contributed by atoms with Gasteiger partial charge in [-0.1, -0.05) is 24.3 Å².